The van der Waals surface area contributed by atoms with Crippen LogP contribution in [-0.2, 0) is 14.8 Å². The van der Waals surface area contributed by atoms with Crippen molar-refractivity contribution in [1.82, 2.24) is 14.5 Å². The van der Waals surface area contributed by atoms with E-state index >= 15 is 0 Å². The standard InChI is InChI=1S/C18H26FN3O3S/c1-14(23)21-10-6-16(7-11-21)20-17-8-12-22(13-9-17)26(24,25)18-4-2-15(19)3-5-18/h2-5,16-17,20H,6-13H2,1H3. The number of rotatable bonds is 4. The molecule has 1 N–H and O–H groups in total. The first kappa shape index (κ1) is 19.3. The Kier molecular flexibility index (Phi) is 5.94. The molecule has 144 valence electrons. The molecule has 0 aromatic heterocycles. The minimum atomic E-state index is -3.56. The van der Waals surface area contributed by atoms with E-state index < -0.39 is 15.8 Å². The number of carbonyl (C=O) groups excluding carboxylic acids is 1. The van der Waals surface area contributed by atoms with Crippen molar-refractivity contribution >= 4 is 15.9 Å². The molecule has 2 aliphatic heterocycles. The third kappa shape index (κ3) is 4.42. The molecule has 1 aromatic carbocycles. The van der Waals surface area contributed by atoms with Gasteiger partial charge in [-0.25, -0.2) is 12.8 Å². The van der Waals surface area contributed by atoms with Gasteiger partial charge in [-0.15, -0.1) is 0 Å². The van der Waals surface area contributed by atoms with Crippen molar-refractivity contribution in [2.75, 3.05) is 26.2 Å². The molecule has 2 fully saturated rings. The van der Waals surface area contributed by atoms with Gasteiger partial charge in [0, 0.05) is 45.2 Å². The first-order chi connectivity index (χ1) is 12.4. The van der Waals surface area contributed by atoms with Crippen LogP contribution in [0.4, 0.5) is 4.39 Å². The minimum absolute atomic E-state index is 0.128. The molecule has 0 bridgehead atoms. The van der Waals surface area contributed by atoms with Gasteiger partial charge in [0.2, 0.25) is 15.9 Å². The zero-order chi connectivity index (χ0) is 18.7. The van der Waals surface area contributed by atoms with E-state index in [1.54, 1.807) is 6.92 Å². The van der Waals surface area contributed by atoms with E-state index in [2.05, 4.69) is 5.32 Å². The van der Waals surface area contributed by atoms with Crippen LogP contribution in [-0.4, -0.2) is 61.8 Å². The summed E-state index contributed by atoms with van der Waals surface area (Å²) in [5.74, 6) is -0.314. The van der Waals surface area contributed by atoms with Crippen LogP contribution < -0.4 is 5.32 Å². The van der Waals surface area contributed by atoms with Crippen molar-refractivity contribution in [1.29, 1.82) is 0 Å². The Morgan fingerprint density at radius 1 is 1.00 bits per heavy atom. The number of piperidine rings is 2. The van der Waals surface area contributed by atoms with Gasteiger partial charge in [0.05, 0.1) is 4.90 Å². The average molecular weight is 383 g/mol. The van der Waals surface area contributed by atoms with Crippen LogP contribution >= 0.6 is 0 Å². The Hall–Kier alpha value is -1.51. The molecule has 8 heteroatoms. The average Bonchev–Trinajstić information content (AvgIpc) is 2.63. The summed E-state index contributed by atoms with van der Waals surface area (Å²) >= 11 is 0. The van der Waals surface area contributed by atoms with Crippen LogP contribution in [0.2, 0.25) is 0 Å². The number of likely N-dealkylation sites (tertiary alicyclic amines) is 1. The third-order valence-corrected chi connectivity index (χ3v) is 7.23. The lowest BCUT2D eigenvalue weighted by atomic mass is 10.0. The smallest absolute Gasteiger partial charge is 0.243 e. The summed E-state index contributed by atoms with van der Waals surface area (Å²) in [7, 11) is -3.56. The number of nitrogens with zero attached hydrogens (tertiary/aromatic N) is 2. The molecular weight excluding hydrogens is 357 g/mol. The number of hydrogen-bond donors (Lipinski definition) is 1. The van der Waals surface area contributed by atoms with Crippen molar-refractivity contribution in [3.63, 3.8) is 0 Å². The molecule has 2 heterocycles. The highest BCUT2D eigenvalue weighted by Gasteiger charge is 2.31. The van der Waals surface area contributed by atoms with E-state index in [9.17, 15) is 17.6 Å². The summed E-state index contributed by atoms with van der Waals surface area (Å²) in [5.41, 5.74) is 0. The Balaban J connectivity index is 1.50. The summed E-state index contributed by atoms with van der Waals surface area (Å²) in [5, 5.41) is 3.63. The summed E-state index contributed by atoms with van der Waals surface area (Å²) in [6.07, 6.45) is 3.39. The fraction of sp³-hybridized carbons (Fsp3) is 0.611. The maximum atomic E-state index is 13.0. The van der Waals surface area contributed by atoms with Gasteiger partial charge in [-0.05, 0) is 49.9 Å². The SMILES string of the molecule is CC(=O)N1CCC(NC2CCN(S(=O)(=O)c3ccc(F)cc3)CC2)CC1. The van der Waals surface area contributed by atoms with Gasteiger partial charge >= 0.3 is 0 Å². The second kappa shape index (κ2) is 8.02. The first-order valence-corrected chi connectivity index (χ1v) is 10.6. The Morgan fingerprint density at radius 3 is 2.00 bits per heavy atom. The molecule has 0 spiro atoms. The van der Waals surface area contributed by atoms with Gasteiger partial charge < -0.3 is 10.2 Å². The van der Waals surface area contributed by atoms with Gasteiger partial charge in [0.25, 0.3) is 0 Å². The van der Waals surface area contributed by atoms with Crippen molar-refractivity contribution in [2.45, 2.75) is 49.6 Å². The summed E-state index contributed by atoms with van der Waals surface area (Å²) in [6, 6.07) is 5.66. The summed E-state index contributed by atoms with van der Waals surface area (Å²) in [6.45, 7) is 4.09. The maximum Gasteiger partial charge on any atom is 0.243 e. The van der Waals surface area contributed by atoms with Crippen LogP contribution in [0.15, 0.2) is 29.2 Å². The molecular formula is C18H26FN3O3S. The van der Waals surface area contributed by atoms with Crippen LogP contribution in [0.25, 0.3) is 0 Å². The largest absolute Gasteiger partial charge is 0.343 e. The summed E-state index contributed by atoms with van der Waals surface area (Å²) < 4.78 is 39.8. The van der Waals surface area contributed by atoms with Crippen LogP contribution in [0.5, 0.6) is 0 Å². The molecule has 2 aliphatic rings. The monoisotopic (exact) mass is 383 g/mol. The second-order valence-corrected chi connectivity index (χ2v) is 9.02. The van der Waals surface area contributed by atoms with Crippen LogP contribution in [0, 0.1) is 5.82 Å². The molecule has 0 radical (unpaired) electrons. The number of hydrogen-bond acceptors (Lipinski definition) is 4. The Morgan fingerprint density at radius 2 is 1.50 bits per heavy atom. The van der Waals surface area contributed by atoms with Crippen molar-refractivity contribution in [2.24, 2.45) is 0 Å². The molecule has 6 nitrogen and oxygen atoms in total. The van der Waals surface area contributed by atoms with Crippen molar-refractivity contribution in [3.05, 3.63) is 30.1 Å². The number of benzene rings is 1. The molecule has 1 amide bonds. The fourth-order valence-corrected chi connectivity index (χ4v) is 5.18. The van der Waals surface area contributed by atoms with Crippen molar-refractivity contribution < 1.29 is 17.6 Å². The highest BCUT2D eigenvalue weighted by Crippen LogP contribution is 2.22. The topological polar surface area (TPSA) is 69.7 Å². The number of amides is 1. The van der Waals surface area contributed by atoms with E-state index in [4.69, 9.17) is 0 Å². The normalized spacial score (nSPS) is 21.1. The van der Waals surface area contributed by atoms with Crippen molar-refractivity contribution in [3.8, 4) is 0 Å². The molecule has 0 saturated carbocycles. The Bertz CT molecular complexity index is 723. The van der Waals surface area contributed by atoms with E-state index in [1.807, 2.05) is 4.90 Å². The van der Waals surface area contributed by atoms with Gasteiger partial charge in [-0.1, -0.05) is 0 Å². The lowest BCUT2D eigenvalue weighted by Gasteiger charge is -2.37. The maximum absolute atomic E-state index is 13.0. The van der Waals surface area contributed by atoms with Gasteiger partial charge in [0.1, 0.15) is 5.82 Å². The Labute approximate surface area is 154 Å². The molecule has 0 aliphatic carbocycles. The number of sulfonamides is 1. The molecule has 3 rings (SSSR count). The second-order valence-electron chi connectivity index (χ2n) is 7.08. The highest BCUT2D eigenvalue weighted by molar-refractivity contribution is 7.89. The molecule has 26 heavy (non-hydrogen) atoms. The van der Waals surface area contributed by atoms with Crippen LogP contribution in [0.1, 0.15) is 32.6 Å². The molecule has 0 unspecified atom stereocenters. The zero-order valence-electron chi connectivity index (χ0n) is 15.0. The fourth-order valence-electron chi connectivity index (χ4n) is 3.71. The minimum Gasteiger partial charge on any atom is -0.343 e. The van der Waals surface area contributed by atoms with E-state index in [0.717, 1.165) is 38.8 Å². The lowest BCUT2D eigenvalue weighted by Crippen LogP contribution is -2.51. The summed E-state index contributed by atoms with van der Waals surface area (Å²) in [4.78, 5) is 13.4. The highest BCUT2D eigenvalue weighted by atomic mass is 32.2. The molecule has 2 saturated heterocycles. The first-order valence-electron chi connectivity index (χ1n) is 9.13. The van der Waals surface area contributed by atoms with Gasteiger partial charge in [-0.3, -0.25) is 4.79 Å². The van der Waals surface area contributed by atoms with Gasteiger partial charge in [0.15, 0.2) is 0 Å². The van der Waals surface area contributed by atoms with Crippen LogP contribution in [0.3, 0.4) is 0 Å². The number of nitrogens with one attached hydrogen (secondary N) is 1. The van der Waals surface area contributed by atoms with Gasteiger partial charge in [-0.2, -0.15) is 4.31 Å². The third-order valence-electron chi connectivity index (χ3n) is 5.32. The predicted molar refractivity (Wildman–Crippen MR) is 96.6 cm³/mol. The predicted octanol–water partition coefficient (Wildman–Crippen LogP) is 1.58. The molecule has 1 aromatic rings. The number of halogens is 1. The quantitative estimate of drug-likeness (QED) is 0.857. The van der Waals surface area contributed by atoms with E-state index in [1.165, 1.54) is 28.6 Å². The molecule has 0 atom stereocenters. The lowest BCUT2D eigenvalue weighted by molar-refractivity contribution is -0.129. The van der Waals surface area contributed by atoms with E-state index in [0.29, 0.717) is 25.2 Å². The number of carbonyl (C=O) groups is 1. The van der Waals surface area contributed by atoms with E-state index in [-0.39, 0.29) is 10.8 Å². The zero-order valence-corrected chi connectivity index (χ0v) is 15.8.